The van der Waals surface area contributed by atoms with Gasteiger partial charge in [-0.05, 0) is 68.1 Å². The van der Waals surface area contributed by atoms with Crippen molar-refractivity contribution < 1.29 is 9.72 Å². The second kappa shape index (κ2) is 59.1. The summed E-state index contributed by atoms with van der Waals surface area (Å²) in [5.41, 5.74) is 7.43. The molecule has 0 bridgehead atoms. The quantitative estimate of drug-likeness (QED) is 0.211. The van der Waals surface area contributed by atoms with E-state index in [4.69, 9.17) is 5.73 Å². The van der Waals surface area contributed by atoms with Crippen molar-refractivity contribution in [3.63, 3.8) is 0 Å². The van der Waals surface area contributed by atoms with Gasteiger partial charge in [0.15, 0.2) is 0 Å². The topological polar surface area (TPSA) is 58.4 Å². The Morgan fingerprint density at radius 3 is 1.42 bits per heavy atom. The number of benzene rings is 1. The molecule has 1 aromatic carbocycles. The molecule has 0 amide bonds. The van der Waals surface area contributed by atoms with Crippen LogP contribution in [-0.4, -0.2) is 56.6 Å². The van der Waals surface area contributed by atoms with Crippen molar-refractivity contribution in [1.82, 2.24) is 10.2 Å². The summed E-state index contributed by atoms with van der Waals surface area (Å²) in [6.07, 6.45) is 1.51. The molecule has 0 unspecified atom stereocenters. The standard InChI is InChI=1S/C14H21NO.C3H9N.C2H7N.CHI3.CH2I2.2CH3I.3HI.V/c1-4-15(3)11-14-9-7-13(8-10-14)6-5-12(2)16;1-3-4-2;1-2-3;2-1(3)4;2-1-3;2*1-2;;;;/h7-10H,4-6,11H2,1-3H3;4H,3H2,1-2H3;2-3H2,1H3;1H;1H2;2*1H3;3*1H;/q;;;;;;;;;;+3/p-3. The number of ketones is 1. The fraction of sp³-hybridized carbons (Fsp3) is 0.696. The van der Waals surface area contributed by atoms with Gasteiger partial charge < -0.3 is 20.7 Å². The molecule has 0 heterocycles. The molecule has 234 valence electrons. The molecule has 0 aliphatic rings. The molecule has 0 aromatic heterocycles. The maximum atomic E-state index is 10.9. The van der Waals surface area contributed by atoms with E-state index >= 15 is 0 Å². The zero-order chi connectivity index (χ0) is 31.9. The van der Waals surface area contributed by atoms with Crippen molar-refractivity contribution >= 4 is 224 Å². The minimum atomic E-state index is -0.278. The van der Waals surface area contributed by atoms with Gasteiger partial charge in [0, 0.05) is 13.0 Å². The number of carbonyl (C=O) groups is 1. The molecule has 0 saturated carbocycles. The van der Waals surface area contributed by atoms with Crippen molar-refractivity contribution in [3.8, 4) is 0 Å². The van der Waals surface area contributed by atoms with E-state index in [1.54, 1.807) is 6.92 Å². The summed E-state index contributed by atoms with van der Waals surface area (Å²) in [6, 6.07) is 8.56. The molecular weight excluding hydrogens is 1650 g/mol. The van der Waals surface area contributed by atoms with Gasteiger partial charge in [-0.3, -0.25) is 0 Å². The van der Waals surface area contributed by atoms with Gasteiger partial charge in [-0.25, -0.2) is 0 Å². The molecule has 3 N–H and O–H groups in total. The van der Waals surface area contributed by atoms with Gasteiger partial charge >= 0.3 is 64.9 Å². The van der Waals surface area contributed by atoms with Gasteiger partial charge in [0.05, 0.1) is 2.43 Å². The molecule has 0 radical (unpaired) electrons. The van der Waals surface area contributed by atoms with E-state index in [2.05, 4.69) is 273 Å². The average Bonchev–Trinajstić information content (AvgIpc) is 2.86. The number of hydrogen-bond donors (Lipinski definition) is 2. The van der Waals surface area contributed by atoms with E-state index in [-0.39, 0.29) is 10.7 Å². The molecule has 0 aliphatic heterocycles. The number of nitrogens with zero attached hydrogens (tertiary/aromatic N) is 1. The van der Waals surface area contributed by atoms with Crippen LogP contribution in [-0.2, 0) is 22.7 Å². The second-order valence-corrected chi connectivity index (χ2v) is 56.7. The number of nitrogens with one attached hydrogen (secondary N) is 1. The summed E-state index contributed by atoms with van der Waals surface area (Å²) in [6.45, 7) is 11.6. The average molecular weight is 1700 g/mol. The summed E-state index contributed by atoms with van der Waals surface area (Å²) < 4.78 is 1.93. The molecule has 1 rings (SSSR count). The number of rotatable bonds is 7. The minimum absolute atomic E-state index is 0.259. The van der Waals surface area contributed by atoms with Gasteiger partial charge in [0.1, 0.15) is 5.72 Å². The Labute approximate surface area is 369 Å². The van der Waals surface area contributed by atoms with Gasteiger partial charge in [-0.1, -0.05) is 203 Å². The number of aryl methyl sites for hydroxylation is 1. The van der Waals surface area contributed by atoms with Crippen LogP contribution in [0.3, 0.4) is 0 Å². The number of nitrogens with two attached hydrogens (primary N) is 1. The summed E-state index contributed by atoms with van der Waals surface area (Å²) in [5.74, 6) is 0.259. The molecule has 0 saturated heterocycles. The van der Waals surface area contributed by atoms with Crippen molar-refractivity contribution in [3.05, 3.63) is 35.4 Å². The van der Waals surface area contributed by atoms with Crippen LogP contribution in [0.1, 0.15) is 45.2 Å². The summed E-state index contributed by atoms with van der Waals surface area (Å²) in [4.78, 5) is 16.8. The number of hydrogen-bond acceptors (Lipinski definition) is 4. The fourth-order valence-corrected chi connectivity index (χ4v) is 1.56. The monoisotopic (exact) mass is 1700 g/mol. The Bertz CT molecular complexity index is 491. The number of alkyl halides is 7. The van der Waals surface area contributed by atoms with E-state index in [9.17, 15) is 4.79 Å². The van der Waals surface area contributed by atoms with Crippen LogP contribution in [0.5, 0.6) is 0 Å². The Morgan fingerprint density at radius 2 is 1.21 bits per heavy atom. The third-order valence-corrected chi connectivity index (χ3v) is 3.13. The van der Waals surface area contributed by atoms with E-state index in [0.29, 0.717) is 6.42 Å². The van der Waals surface area contributed by atoms with Crippen LogP contribution in [0, 0.1) is 0 Å². The molecule has 0 atom stereocenters. The SMILES string of the molecule is CCN.CCN(C)Cc1ccc(CCC(C)=O)cc1.CCNC.CI.CI.IC(I)I.ICI.[I][V]([I])[I]. The van der Waals surface area contributed by atoms with E-state index in [1.165, 1.54) is 13.6 Å². The Balaban J connectivity index is -0.0000000720. The first kappa shape index (κ1) is 60.0. The normalized spacial score (nSPS) is 8.47. The molecular formula is C23H46I10N3OV. The Morgan fingerprint density at radius 1 is 0.947 bits per heavy atom. The Kier molecular flexibility index (Phi) is 93.4. The third-order valence-electron chi connectivity index (χ3n) is 3.13. The molecule has 4 nitrogen and oxygen atoms in total. The first-order valence-corrected chi connectivity index (χ1v) is 35.6. The second-order valence-electron chi connectivity index (χ2n) is 6.00. The maximum absolute atomic E-state index is 10.9. The van der Waals surface area contributed by atoms with Crippen molar-refractivity contribution in [2.45, 2.75) is 47.0 Å². The first-order valence-electron chi connectivity index (χ1n) is 11.0. The molecule has 0 spiro atoms. The molecule has 1 aromatic rings. The fourth-order valence-electron chi connectivity index (χ4n) is 1.56. The number of carbonyl (C=O) groups excluding carboxylic acids is 1. The van der Waals surface area contributed by atoms with Crippen LogP contribution in [0.4, 0.5) is 0 Å². The van der Waals surface area contributed by atoms with E-state index in [0.717, 1.165) is 32.5 Å². The number of halogens is 10. The van der Waals surface area contributed by atoms with Gasteiger partial charge in [-0.15, -0.1) is 0 Å². The van der Waals surface area contributed by atoms with Gasteiger partial charge in [0.2, 0.25) is 0 Å². The van der Waals surface area contributed by atoms with Crippen molar-refractivity contribution in [2.75, 3.05) is 46.0 Å². The Hall–Kier alpha value is 6.65. The van der Waals surface area contributed by atoms with Gasteiger partial charge in [-0.2, -0.15) is 0 Å². The van der Waals surface area contributed by atoms with E-state index < -0.39 is 0 Å². The van der Waals surface area contributed by atoms with E-state index in [1.807, 2.05) is 23.8 Å². The summed E-state index contributed by atoms with van der Waals surface area (Å²) in [7, 11) is 4.05. The zero-order valence-corrected chi connectivity index (χ0v) is 46.5. The summed E-state index contributed by atoms with van der Waals surface area (Å²) >= 11 is 23.2. The zero-order valence-electron chi connectivity index (χ0n) is 23.5. The van der Waals surface area contributed by atoms with Crippen LogP contribution in [0.15, 0.2) is 24.3 Å². The third kappa shape index (κ3) is 90.1. The predicted octanol–water partition coefficient (Wildman–Crippen LogP) is 12.0. The van der Waals surface area contributed by atoms with Crippen molar-refractivity contribution in [2.24, 2.45) is 5.73 Å². The first-order chi connectivity index (χ1) is 17.8. The number of Topliss-reactive ketones (excluding diaryl/α,β-unsaturated/α-hetero) is 1. The summed E-state index contributed by atoms with van der Waals surface area (Å²) in [5, 5.41) is 2.93. The van der Waals surface area contributed by atoms with Crippen LogP contribution < -0.4 is 11.1 Å². The van der Waals surface area contributed by atoms with Crippen LogP contribution in [0.25, 0.3) is 0 Å². The van der Waals surface area contributed by atoms with Gasteiger partial charge in [0.25, 0.3) is 0 Å². The van der Waals surface area contributed by atoms with Crippen molar-refractivity contribution in [1.29, 1.82) is 0 Å². The van der Waals surface area contributed by atoms with Crippen LogP contribution >= 0.6 is 218 Å². The molecule has 0 aliphatic carbocycles. The molecule has 0 fully saturated rings. The molecule has 15 heteroatoms. The molecule has 38 heavy (non-hydrogen) atoms. The van der Waals surface area contributed by atoms with Crippen LogP contribution in [0.2, 0.25) is 0 Å². The predicted molar refractivity (Wildman–Crippen MR) is 262 cm³/mol.